The second kappa shape index (κ2) is 16.4. The Morgan fingerprint density at radius 3 is 1.71 bits per heavy atom. The zero-order valence-corrected chi connectivity index (χ0v) is 13.7. The first kappa shape index (κ1) is 19.8. The number of aliphatic carboxylic acids is 1. The number of carboxylic acids is 1. The topological polar surface area (TPSA) is 57.5 Å². The fraction of sp³-hybridized carbons (Fsp3) is 0.923. The summed E-state index contributed by atoms with van der Waals surface area (Å²) < 4.78 is 1.51. The molecule has 1 unspecified atom stereocenters. The molecule has 0 saturated heterocycles. The minimum atomic E-state index is -1.23. The van der Waals surface area contributed by atoms with E-state index in [0.717, 1.165) is 0 Å². The summed E-state index contributed by atoms with van der Waals surface area (Å²) >= 11 is 1.41. The molecule has 0 saturated carbocycles. The van der Waals surface area contributed by atoms with Crippen molar-refractivity contribution in [2.45, 2.75) is 75.0 Å². The SMILES string of the molecule is CC(O)C(=O)O.CCCCCCCCC[CH2][Na]. The minimum absolute atomic E-state index is 1.19. The number of unbranched alkanes of at least 4 members (excludes halogenated alkanes) is 7. The molecule has 0 heterocycles. The summed E-state index contributed by atoms with van der Waals surface area (Å²) in [5, 5.41) is 15.8. The van der Waals surface area contributed by atoms with Crippen molar-refractivity contribution >= 4 is 33.9 Å². The van der Waals surface area contributed by atoms with Crippen LogP contribution in [0.25, 0.3) is 0 Å². The average Bonchev–Trinajstić information content (AvgIpc) is 2.29. The number of hydrogen-bond acceptors (Lipinski definition) is 2. The van der Waals surface area contributed by atoms with Crippen LogP contribution in [-0.2, 0) is 4.79 Å². The van der Waals surface area contributed by atoms with Crippen LogP contribution in [0.1, 0.15) is 65.2 Å². The van der Waals surface area contributed by atoms with Gasteiger partial charge in [0.25, 0.3) is 0 Å². The Morgan fingerprint density at radius 1 is 1.06 bits per heavy atom. The summed E-state index contributed by atoms with van der Waals surface area (Å²) in [5.74, 6) is -1.19. The number of carbonyl (C=O) groups is 1. The van der Waals surface area contributed by atoms with Crippen LogP contribution in [0.3, 0.4) is 0 Å². The van der Waals surface area contributed by atoms with Gasteiger partial charge in [-0.1, -0.05) is 0 Å². The van der Waals surface area contributed by atoms with E-state index in [1.54, 1.807) is 0 Å². The number of hydrogen-bond donors (Lipinski definition) is 2. The number of aliphatic hydroxyl groups is 1. The molecular formula is C13H27NaO3. The molecule has 1 atom stereocenters. The molecular weight excluding hydrogens is 227 g/mol. The Balaban J connectivity index is 0. The van der Waals surface area contributed by atoms with Crippen molar-refractivity contribution in [3.05, 3.63) is 0 Å². The standard InChI is InChI=1S/C10H21.C3H6O3.Na/c1-3-5-7-9-10-8-6-4-2;1-2(4)3(5)6;/h1,3-10H2,2H3;2,4H,1H3,(H,5,6);. The van der Waals surface area contributed by atoms with E-state index < -0.39 is 12.1 Å². The maximum absolute atomic E-state index is 9.45. The molecule has 0 amide bonds. The van der Waals surface area contributed by atoms with Crippen LogP contribution < -0.4 is 0 Å². The van der Waals surface area contributed by atoms with Crippen LogP contribution in [0.2, 0.25) is 3.67 Å². The average molecular weight is 254 g/mol. The first-order chi connectivity index (χ1) is 8.06. The summed E-state index contributed by atoms with van der Waals surface area (Å²) in [5.41, 5.74) is 0. The van der Waals surface area contributed by atoms with Crippen LogP contribution in [0.15, 0.2) is 0 Å². The molecule has 0 aliphatic carbocycles. The third-order valence-corrected chi connectivity index (χ3v) is 3.27. The molecule has 0 aliphatic heterocycles. The molecule has 4 heteroatoms. The molecule has 17 heavy (non-hydrogen) atoms. The first-order valence-electron chi connectivity index (χ1n) is 6.97. The molecule has 98 valence electrons. The first-order valence-corrected chi connectivity index (χ1v) is 8.38. The molecule has 0 aliphatic rings. The predicted octanol–water partition coefficient (Wildman–Crippen LogP) is 3.17. The van der Waals surface area contributed by atoms with E-state index in [4.69, 9.17) is 10.2 Å². The fourth-order valence-electron chi connectivity index (χ4n) is 1.38. The second-order valence-electron chi connectivity index (χ2n) is 4.49. The summed E-state index contributed by atoms with van der Waals surface area (Å²) in [6, 6.07) is 0. The molecule has 0 radical (unpaired) electrons. The Labute approximate surface area is 123 Å². The molecule has 0 bridgehead atoms. The van der Waals surface area contributed by atoms with Crippen molar-refractivity contribution in [3.63, 3.8) is 0 Å². The Morgan fingerprint density at radius 2 is 1.41 bits per heavy atom. The molecule has 0 aromatic heterocycles. The van der Waals surface area contributed by atoms with Crippen molar-refractivity contribution in [2.24, 2.45) is 0 Å². The second-order valence-corrected chi connectivity index (χ2v) is 5.49. The summed E-state index contributed by atoms with van der Waals surface area (Å²) in [6.45, 7) is 3.48. The van der Waals surface area contributed by atoms with Crippen molar-refractivity contribution in [1.29, 1.82) is 0 Å². The normalized spacial score (nSPS) is 11.6. The summed E-state index contributed by atoms with van der Waals surface area (Å²) in [4.78, 5) is 9.45. The molecule has 0 spiro atoms. The Hall–Kier alpha value is 0.430. The van der Waals surface area contributed by atoms with Gasteiger partial charge in [-0.2, -0.15) is 0 Å². The van der Waals surface area contributed by atoms with Gasteiger partial charge in [0, 0.05) is 0 Å². The van der Waals surface area contributed by atoms with Crippen molar-refractivity contribution in [2.75, 3.05) is 0 Å². The van der Waals surface area contributed by atoms with Gasteiger partial charge in [-0.05, 0) is 6.92 Å². The van der Waals surface area contributed by atoms with Crippen LogP contribution in [0, 0.1) is 0 Å². The van der Waals surface area contributed by atoms with Crippen molar-refractivity contribution in [1.82, 2.24) is 0 Å². The molecule has 0 fully saturated rings. The van der Waals surface area contributed by atoms with E-state index in [0.29, 0.717) is 0 Å². The number of rotatable bonds is 9. The van der Waals surface area contributed by atoms with Gasteiger partial charge in [0.2, 0.25) is 0 Å². The van der Waals surface area contributed by atoms with E-state index in [9.17, 15) is 4.79 Å². The van der Waals surface area contributed by atoms with Gasteiger partial charge < -0.3 is 10.2 Å². The van der Waals surface area contributed by atoms with Crippen molar-refractivity contribution in [3.8, 4) is 0 Å². The maximum atomic E-state index is 9.45. The van der Waals surface area contributed by atoms with Crippen LogP contribution >= 0.6 is 0 Å². The summed E-state index contributed by atoms with van der Waals surface area (Å²) in [7, 11) is 0. The van der Waals surface area contributed by atoms with Gasteiger partial charge in [0.1, 0.15) is 6.10 Å². The van der Waals surface area contributed by atoms with Crippen molar-refractivity contribution < 1.29 is 15.0 Å². The van der Waals surface area contributed by atoms with E-state index >= 15 is 0 Å². The van der Waals surface area contributed by atoms with Crippen LogP contribution in [0.4, 0.5) is 0 Å². The van der Waals surface area contributed by atoms with Gasteiger partial charge >= 0.3 is 95.9 Å². The van der Waals surface area contributed by atoms with Gasteiger partial charge in [-0.25, -0.2) is 4.79 Å². The molecule has 0 aromatic rings. The van der Waals surface area contributed by atoms with E-state index in [1.807, 2.05) is 0 Å². The third-order valence-electron chi connectivity index (χ3n) is 2.56. The van der Waals surface area contributed by atoms with Crippen LogP contribution in [-0.4, -0.2) is 50.2 Å². The molecule has 0 aromatic carbocycles. The third kappa shape index (κ3) is 22.1. The number of aliphatic hydroxyl groups excluding tert-OH is 1. The van der Waals surface area contributed by atoms with Gasteiger partial charge in [0.15, 0.2) is 0 Å². The summed E-state index contributed by atoms with van der Waals surface area (Å²) in [6.07, 6.45) is 10.5. The monoisotopic (exact) mass is 254 g/mol. The fourth-order valence-corrected chi connectivity index (χ4v) is 1.88. The quantitative estimate of drug-likeness (QED) is 0.491. The predicted molar refractivity (Wildman–Crippen MR) is 72.5 cm³/mol. The Kier molecular flexibility index (Phi) is 19.1. The Bertz CT molecular complexity index is 153. The van der Waals surface area contributed by atoms with Gasteiger partial charge in [-0.15, -0.1) is 0 Å². The molecule has 3 nitrogen and oxygen atoms in total. The van der Waals surface area contributed by atoms with Gasteiger partial charge in [-0.3, -0.25) is 0 Å². The van der Waals surface area contributed by atoms with Crippen LogP contribution in [0.5, 0.6) is 0 Å². The molecule has 0 rings (SSSR count). The van der Waals surface area contributed by atoms with Gasteiger partial charge in [0.05, 0.1) is 0 Å². The molecule has 2 N–H and O–H groups in total. The van der Waals surface area contributed by atoms with E-state index in [2.05, 4.69) is 6.92 Å². The number of carboxylic acid groups (broad SMARTS) is 1. The zero-order chi connectivity index (χ0) is 13.5. The van der Waals surface area contributed by atoms with E-state index in [1.165, 1.54) is 89.9 Å². The zero-order valence-electron chi connectivity index (χ0n) is 11.7. The van der Waals surface area contributed by atoms with E-state index in [-0.39, 0.29) is 0 Å².